The molecule has 1 heterocycles. The van der Waals surface area contributed by atoms with Crippen LogP contribution in [0.15, 0.2) is 24.4 Å². The lowest BCUT2D eigenvalue weighted by molar-refractivity contribution is 0.150. The Morgan fingerprint density at radius 2 is 2.11 bits per heavy atom. The second-order valence-corrected chi connectivity index (χ2v) is 4.62. The van der Waals surface area contributed by atoms with Crippen LogP contribution in [0, 0.1) is 0 Å². The standard InChI is InChI=1S/C11H11Cl2N3O2/c12-7-1-2-9(10(13)3-7)11(18)5-16-4-8(6-17)14-15-16/h1-4,11,17-18H,5-6H2/t11-/m0/s1. The van der Waals surface area contributed by atoms with E-state index in [4.69, 9.17) is 28.3 Å². The van der Waals surface area contributed by atoms with E-state index in [9.17, 15) is 5.11 Å². The van der Waals surface area contributed by atoms with Gasteiger partial charge in [-0.2, -0.15) is 0 Å². The van der Waals surface area contributed by atoms with E-state index in [2.05, 4.69) is 10.3 Å². The normalized spacial score (nSPS) is 12.7. The Morgan fingerprint density at radius 3 is 2.72 bits per heavy atom. The molecule has 0 radical (unpaired) electrons. The summed E-state index contributed by atoms with van der Waals surface area (Å²) in [7, 11) is 0. The van der Waals surface area contributed by atoms with Crippen LogP contribution in [-0.2, 0) is 13.2 Å². The van der Waals surface area contributed by atoms with Crippen LogP contribution in [0.1, 0.15) is 17.4 Å². The maximum absolute atomic E-state index is 10.0. The highest BCUT2D eigenvalue weighted by Gasteiger charge is 2.13. The van der Waals surface area contributed by atoms with E-state index in [0.717, 1.165) is 0 Å². The van der Waals surface area contributed by atoms with Crippen molar-refractivity contribution in [2.75, 3.05) is 0 Å². The first-order valence-corrected chi connectivity index (χ1v) is 5.98. The van der Waals surface area contributed by atoms with Crippen molar-refractivity contribution in [3.63, 3.8) is 0 Å². The average molecular weight is 288 g/mol. The van der Waals surface area contributed by atoms with Gasteiger partial charge in [0.2, 0.25) is 0 Å². The smallest absolute Gasteiger partial charge is 0.108 e. The fourth-order valence-electron chi connectivity index (χ4n) is 1.55. The molecular formula is C11H11Cl2N3O2. The molecule has 18 heavy (non-hydrogen) atoms. The summed E-state index contributed by atoms with van der Waals surface area (Å²) >= 11 is 11.8. The van der Waals surface area contributed by atoms with Gasteiger partial charge in [-0.25, -0.2) is 4.68 Å². The van der Waals surface area contributed by atoms with Gasteiger partial charge in [0, 0.05) is 15.6 Å². The van der Waals surface area contributed by atoms with Crippen LogP contribution in [0.3, 0.4) is 0 Å². The predicted molar refractivity (Wildman–Crippen MR) is 67.4 cm³/mol. The number of aliphatic hydroxyl groups excluding tert-OH is 2. The lowest BCUT2D eigenvalue weighted by Gasteiger charge is -2.12. The lowest BCUT2D eigenvalue weighted by atomic mass is 10.1. The van der Waals surface area contributed by atoms with Gasteiger partial charge in [0.1, 0.15) is 11.8 Å². The third-order valence-electron chi connectivity index (χ3n) is 2.43. The zero-order valence-electron chi connectivity index (χ0n) is 9.29. The van der Waals surface area contributed by atoms with Gasteiger partial charge in [-0.15, -0.1) is 5.10 Å². The Balaban J connectivity index is 2.13. The lowest BCUT2D eigenvalue weighted by Crippen LogP contribution is -2.09. The molecule has 0 aliphatic carbocycles. The number of nitrogens with zero attached hydrogens (tertiary/aromatic N) is 3. The third kappa shape index (κ3) is 3.00. The van der Waals surface area contributed by atoms with Crippen LogP contribution in [0.25, 0.3) is 0 Å². The maximum Gasteiger partial charge on any atom is 0.108 e. The van der Waals surface area contributed by atoms with Crippen molar-refractivity contribution < 1.29 is 10.2 Å². The molecule has 0 fully saturated rings. The van der Waals surface area contributed by atoms with Crippen LogP contribution < -0.4 is 0 Å². The third-order valence-corrected chi connectivity index (χ3v) is 2.99. The Bertz CT molecular complexity index is 545. The molecule has 0 saturated heterocycles. The number of aromatic nitrogens is 3. The van der Waals surface area contributed by atoms with E-state index in [1.165, 1.54) is 4.68 Å². The highest BCUT2D eigenvalue weighted by atomic mass is 35.5. The summed E-state index contributed by atoms with van der Waals surface area (Å²) in [4.78, 5) is 0. The molecule has 2 aromatic rings. The molecule has 0 aliphatic heterocycles. The minimum Gasteiger partial charge on any atom is -0.390 e. The number of rotatable bonds is 4. The van der Waals surface area contributed by atoms with E-state index in [1.54, 1.807) is 24.4 Å². The fourth-order valence-corrected chi connectivity index (χ4v) is 2.08. The van der Waals surface area contributed by atoms with Gasteiger partial charge in [0.05, 0.1) is 19.3 Å². The monoisotopic (exact) mass is 287 g/mol. The van der Waals surface area contributed by atoms with Crippen LogP contribution in [-0.4, -0.2) is 25.2 Å². The summed E-state index contributed by atoms with van der Waals surface area (Å²) in [6, 6.07) is 4.90. The number of aliphatic hydroxyl groups is 2. The van der Waals surface area contributed by atoms with E-state index in [-0.39, 0.29) is 13.2 Å². The first kappa shape index (κ1) is 13.3. The van der Waals surface area contributed by atoms with E-state index in [0.29, 0.717) is 21.3 Å². The highest BCUT2D eigenvalue weighted by Crippen LogP contribution is 2.27. The molecule has 7 heteroatoms. The summed E-state index contributed by atoms with van der Waals surface area (Å²) in [5.41, 5.74) is 1.02. The van der Waals surface area contributed by atoms with Crippen LogP contribution in [0.5, 0.6) is 0 Å². The molecule has 0 aliphatic rings. The second-order valence-electron chi connectivity index (χ2n) is 3.77. The first-order valence-electron chi connectivity index (χ1n) is 5.23. The zero-order valence-corrected chi connectivity index (χ0v) is 10.8. The summed E-state index contributed by atoms with van der Waals surface area (Å²) in [5.74, 6) is 0. The van der Waals surface area contributed by atoms with Gasteiger partial charge in [0.15, 0.2) is 0 Å². The first-order chi connectivity index (χ1) is 8.60. The van der Waals surface area contributed by atoms with Crippen molar-refractivity contribution in [2.24, 2.45) is 0 Å². The van der Waals surface area contributed by atoms with E-state index >= 15 is 0 Å². The second kappa shape index (κ2) is 5.67. The summed E-state index contributed by atoms with van der Waals surface area (Å²) in [6.07, 6.45) is 0.746. The number of hydrogen-bond donors (Lipinski definition) is 2. The minimum absolute atomic E-state index is 0.183. The number of benzene rings is 1. The molecule has 96 valence electrons. The average Bonchev–Trinajstić information content (AvgIpc) is 2.76. The molecule has 2 N–H and O–H groups in total. The molecule has 1 aromatic heterocycles. The van der Waals surface area contributed by atoms with Crippen molar-refractivity contribution in [1.82, 2.24) is 15.0 Å². The predicted octanol–water partition coefficient (Wildman–Crippen LogP) is 1.81. The van der Waals surface area contributed by atoms with Crippen LogP contribution >= 0.6 is 23.2 Å². The molecule has 0 bridgehead atoms. The van der Waals surface area contributed by atoms with Crippen molar-refractivity contribution in [3.8, 4) is 0 Å². The van der Waals surface area contributed by atoms with Crippen molar-refractivity contribution in [3.05, 3.63) is 45.7 Å². The minimum atomic E-state index is -0.817. The van der Waals surface area contributed by atoms with Crippen LogP contribution in [0.4, 0.5) is 0 Å². The molecule has 2 rings (SSSR count). The van der Waals surface area contributed by atoms with Gasteiger partial charge in [0.25, 0.3) is 0 Å². The molecule has 0 spiro atoms. The summed E-state index contributed by atoms with van der Waals surface area (Å²) in [5, 5.41) is 27.3. The van der Waals surface area contributed by atoms with E-state index < -0.39 is 6.10 Å². The molecule has 0 amide bonds. The van der Waals surface area contributed by atoms with Gasteiger partial charge in [-0.3, -0.25) is 0 Å². The largest absolute Gasteiger partial charge is 0.390 e. The molecule has 1 atom stereocenters. The highest BCUT2D eigenvalue weighted by molar-refractivity contribution is 6.35. The number of hydrogen-bond acceptors (Lipinski definition) is 4. The van der Waals surface area contributed by atoms with E-state index in [1.807, 2.05) is 0 Å². The topological polar surface area (TPSA) is 71.2 Å². The quantitative estimate of drug-likeness (QED) is 0.900. The maximum atomic E-state index is 10.0. The van der Waals surface area contributed by atoms with Crippen LogP contribution in [0.2, 0.25) is 10.0 Å². The Labute approximate surface area is 114 Å². The van der Waals surface area contributed by atoms with Gasteiger partial charge in [-0.05, 0) is 12.1 Å². The summed E-state index contributed by atoms with van der Waals surface area (Å²) in [6.45, 7) is 0.0200. The molecule has 5 nitrogen and oxygen atoms in total. The molecule has 1 aromatic carbocycles. The van der Waals surface area contributed by atoms with Gasteiger partial charge in [-0.1, -0.05) is 34.5 Å². The number of halogens is 2. The Morgan fingerprint density at radius 1 is 1.33 bits per heavy atom. The zero-order chi connectivity index (χ0) is 13.1. The molecule has 0 saturated carbocycles. The van der Waals surface area contributed by atoms with Crippen molar-refractivity contribution in [2.45, 2.75) is 19.3 Å². The van der Waals surface area contributed by atoms with Gasteiger partial charge >= 0.3 is 0 Å². The SMILES string of the molecule is OCc1cn(C[C@H](O)c2ccc(Cl)cc2Cl)nn1. The van der Waals surface area contributed by atoms with Gasteiger partial charge < -0.3 is 10.2 Å². The Kier molecular flexibility index (Phi) is 4.19. The fraction of sp³-hybridized carbons (Fsp3) is 0.273. The van der Waals surface area contributed by atoms with Crippen molar-refractivity contribution in [1.29, 1.82) is 0 Å². The Hall–Kier alpha value is -1.14. The summed E-state index contributed by atoms with van der Waals surface area (Å²) < 4.78 is 1.45. The molecule has 0 unspecified atom stereocenters. The van der Waals surface area contributed by atoms with Crippen molar-refractivity contribution >= 4 is 23.2 Å². The molecular weight excluding hydrogens is 277 g/mol.